The highest BCUT2D eigenvalue weighted by Gasteiger charge is 2.15. The van der Waals surface area contributed by atoms with Gasteiger partial charge < -0.3 is 0 Å². The fourth-order valence-electron chi connectivity index (χ4n) is 2.48. The van der Waals surface area contributed by atoms with Gasteiger partial charge in [-0.2, -0.15) is 5.26 Å². The maximum Gasteiger partial charge on any atom is 0.116 e. The number of aromatic nitrogens is 2. The number of nitriles is 1. The monoisotopic (exact) mass is 271 g/mol. The van der Waals surface area contributed by atoms with Gasteiger partial charge in [-0.3, -0.25) is 0 Å². The second-order valence-corrected chi connectivity index (χ2v) is 4.75. The topological polar surface area (TPSA) is 49.6 Å². The predicted octanol–water partition coefficient (Wildman–Crippen LogP) is 3.99. The fraction of sp³-hybridized carbons (Fsp3) is 0.0556. The second kappa shape index (κ2) is 5.56. The van der Waals surface area contributed by atoms with E-state index in [0.29, 0.717) is 5.56 Å². The van der Waals surface area contributed by atoms with Crippen LogP contribution in [0.1, 0.15) is 11.1 Å². The summed E-state index contributed by atoms with van der Waals surface area (Å²) in [6.45, 7) is 2.05. The molecule has 100 valence electrons. The Balaban J connectivity index is 2.37. The molecule has 3 heteroatoms. The minimum atomic E-state index is 0.623. The molecule has 0 atom stereocenters. The SMILES string of the molecule is Cc1ccc(C#N)c(-c2ccncn2)c1-c1ccccc1. The van der Waals surface area contributed by atoms with Gasteiger partial charge in [-0.05, 0) is 35.7 Å². The lowest BCUT2D eigenvalue weighted by Gasteiger charge is -2.14. The Bertz CT molecular complexity index is 803. The molecule has 0 aliphatic carbocycles. The molecule has 0 spiro atoms. The van der Waals surface area contributed by atoms with E-state index in [9.17, 15) is 5.26 Å². The van der Waals surface area contributed by atoms with Crippen molar-refractivity contribution in [3.05, 3.63) is 72.2 Å². The third kappa shape index (κ3) is 2.39. The molecular formula is C18H13N3. The van der Waals surface area contributed by atoms with Crippen LogP contribution in [0.5, 0.6) is 0 Å². The van der Waals surface area contributed by atoms with Crippen molar-refractivity contribution in [3.63, 3.8) is 0 Å². The Morgan fingerprint density at radius 1 is 0.952 bits per heavy atom. The van der Waals surface area contributed by atoms with Crippen molar-refractivity contribution in [3.8, 4) is 28.5 Å². The number of rotatable bonds is 2. The highest BCUT2D eigenvalue weighted by Crippen LogP contribution is 2.36. The van der Waals surface area contributed by atoms with E-state index in [-0.39, 0.29) is 0 Å². The van der Waals surface area contributed by atoms with Gasteiger partial charge in [-0.15, -0.1) is 0 Å². The van der Waals surface area contributed by atoms with Crippen molar-refractivity contribution in [1.29, 1.82) is 5.26 Å². The van der Waals surface area contributed by atoms with Crippen LogP contribution >= 0.6 is 0 Å². The van der Waals surface area contributed by atoms with E-state index in [0.717, 1.165) is 27.9 Å². The summed E-state index contributed by atoms with van der Waals surface area (Å²) in [7, 11) is 0. The molecule has 0 radical (unpaired) electrons. The van der Waals surface area contributed by atoms with Crippen LogP contribution in [-0.2, 0) is 0 Å². The third-order valence-electron chi connectivity index (χ3n) is 3.43. The molecule has 0 saturated heterocycles. The number of benzene rings is 2. The molecule has 0 N–H and O–H groups in total. The average molecular weight is 271 g/mol. The number of hydrogen-bond acceptors (Lipinski definition) is 3. The molecule has 21 heavy (non-hydrogen) atoms. The maximum absolute atomic E-state index is 9.45. The first kappa shape index (κ1) is 13.0. The summed E-state index contributed by atoms with van der Waals surface area (Å²) in [5, 5.41) is 9.45. The highest BCUT2D eigenvalue weighted by molar-refractivity contribution is 5.87. The van der Waals surface area contributed by atoms with Crippen molar-refractivity contribution >= 4 is 0 Å². The normalized spacial score (nSPS) is 10.1. The Labute approximate surface area is 123 Å². The Morgan fingerprint density at radius 2 is 1.76 bits per heavy atom. The number of nitrogens with zero attached hydrogens (tertiary/aromatic N) is 3. The zero-order valence-electron chi connectivity index (χ0n) is 11.6. The van der Waals surface area contributed by atoms with Crippen LogP contribution in [0.3, 0.4) is 0 Å². The van der Waals surface area contributed by atoms with E-state index in [1.165, 1.54) is 6.33 Å². The molecule has 3 nitrogen and oxygen atoms in total. The van der Waals surface area contributed by atoms with Gasteiger partial charge in [0.2, 0.25) is 0 Å². The van der Waals surface area contributed by atoms with Crippen LogP contribution in [0, 0.1) is 18.3 Å². The molecule has 3 rings (SSSR count). The molecule has 1 heterocycles. The first-order valence-corrected chi connectivity index (χ1v) is 6.67. The summed E-state index contributed by atoms with van der Waals surface area (Å²) in [6.07, 6.45) is 3.20. The summed E-state index contributed by atoms with van der Waals surface area (Å²) in [5.74, 6) is 0. The molecular weight excluding hydrogens is 258 g/mol. The summed E-state index contributed by atoms with van der Waals surface area (Å²) in [4.78, 5) is 8.28. The number of aryl methyl sites for hydroxylation is 1. The summed E-state index contributed by atoms with van der Waals surface area (Å²) < 4.78 is 0. The lowest BCUT2D eigenvalue weighted by Crippen LogP contribution is -1.95. The fourth-order valence-corrected chi connectivity index (χ4v) is 2.48. The number of hydrogen-bond donors (Lipinski definition) is 0. The zero-order valence-corrected chi connectivity index (χ0v) is 11.6. The van der Waals surface area contributed by atoms with Gasteiger partial charge in [0.05, 0.1) is 17.3 Å². The Kier molecular flexibility index (Phi) is 3.44. The highest BCUT2D eigenvalue weighted by atomic mass is 14.8. The molecule has 3 aromatic rings. The van der Waals surface area contributed by atoms with Crippen LogP contribution in [0.4, 0.5) is 0 Å². The molecule has 0 saturated carbocycles. The first-order chi connectivity index (χ1) is 10.3. The molecule has 0 fully saturated rings. The molecule has 0 unspecified atom stereocenters. The molecule has 2 aromatic carbocycles. The van der Waals surface area contributed by atoms with E-state index < -0.39 is 0 Å². The van der Waals surface area contributed by atoms with Gasteiger partial charge in [-0.25, -0.2) is 9.97 Å². The second-order valence-electron chi connectivity index (χ2n) is 4.75. The Morgan fingerprint density at radius 3 is 2.43 bits per heavy atom. The van der Waals surface area contributed by atoms with Crippen LogP contribution < -0.4 is 0 Å². The molecule has 0 bridgehead atoms. The van der Waals surface area contributed by atoms with Crippen LogP contribution in [0.2, 0.25) is 0 Å². The van der Waals surface area contributed by atoms with Gasteiger partial charge in [0.1, 0.15) is 6.33 Å². The Hall–Kier alpha value is -2.99. The minimum Gasteiger partial charge on any atom is -0.245 e. The maximum atomic E-state index is 9.45. The average Bonchev–Trinajstić information content (AvgIpc) is 2.56. The van der Waals surface area contributed by atoms with Crippen molar-refractivity contribution in [2.24, 2.45) is 0 Å². The van der Waals surface area contributed by atoms with E-state index in [1.807, 2.05) is 55.5 Å². The lowest BCUT2D eigenvalue weighted by atomic mass is 9.90. The van der Waals surface area contributed by atoms with Gasteiger partial charge in [0.15, 0.2) is 0 Å². The van der Waals surface area contributed by atoms with Crippen molar-refractivity contribution in [2.45, 2.75) is 6.92 Å². The van der Waals surface area contributed by atoms with Crippen LogP contribution in [0.25, 0.3) is 22.4 Å². The van der Waals surface area contributed by atoms with E-state index in [2.05, 4.69) is 16.0 Å². The summed E-state index contributed by atoms with van der Waals surface area (Å²) >= 11 is 0. The zero-order chi connectivity index (χ0) is 14.7. The van der Waals surface area contributed by atoms with Crippen molar-refractivity contribution < 1.29 is 0 Å². The molecule has 1 aromatic heterocycles. The smallest absolute Gasteiger partial charge is 0.116 e. The van der Waals surface area contributed by atoms with Crippen molar-refractivity contribution in [1.82, 2.24) is 9.97 Å². The third-order valence-corrected chi connectivity index (χ3v) is 3.43. The molecule has 0 aliphatic rings. The van der Waals surface area contributed by atoms with Crippen molar-refractivity contribution in [2.75, 3.05) is 0 Å². The van der Waals surface area contributed by atoms with Crippen LogP contribution in [-0.4, -0.2) is 9.97 Å². The first-order valence-electron chi connectivity index (χ1n) is 6.67. The van der Waals surface area contributed by atoms with E-state index in [4.69, 9.17) is 0 Å². The lowest BCUT2D eigenvalue weighted by molar-refractivity contribution is 1.17. The largest absolute Gasteiger partial charge is 0.245 e. The van der Waals surface area contributed by atoms with Crippen LogP contribution in [0.15, 0.2) is 61.1 Å². The predicted molar refractivity (Wildman–Crippen MR) is 82.4 cm³/mol. The summed E-state index contributed by atoms with van der Waals surface area (Å²) in [6, 6.07) is 18.0. The minimum absolute atomic E-state index is 0.623. The quantitative estimate of drug-likeness (QED) is 0.708. The van der Waals surface area contributed by atoms with E-state index >= 15 is 0 Å². The van der Waals surface area contributed by atoms with Gasteiger partial charge in [0, 0.05) is 11.8 Å². The standard InChI is InChI=1S/C18H13N3/c1-13-7-8-15(11-19)18(16-9-10-20-12-21-16)17(13)14-5-3-2-4-6-14/h2-10,12H,1H3. The van der Waals surface area contributed by atoms with E-state index in [1.54, 1.807) is 6.20 Å². The van der Waals surface area contributed by atoms with Gasteiger partial charge in [-0.1, -0.05) is 36.4 Å². The van der Waals surface area contributed by atoms with Gasteiger partial charge in [0.25, 0.3) is 0 Å². The molecule has 0 aliphatic heterocycles. The molecule has 0 amide bonds. The summed E-state index contributed by atoms with van der Waals surface area (Å²) in [5.41, 5.74) is 5.51. The van der Waals surface area contributed by atoms with Gasteiger partial charge >= 0.3 is 0 Å².